The molecule has 1 aliphatic rings. The van der Waals surface area contributed by atoms with E-state index in [2.05, 4.69) is 29.6 Å². The molecule has 0 spiro atoms. The first-order valence-corrected chi connectivity index (χ1v) is 7.47. The number of hydrogen-bond acceptors (Lipinski definition) is 2. The van der Waals surface area contributed by atoms with Crippen molar-refractivity contribution in [3.63, 3.8) is 0 Å². The van der Waals surface area contributed by atoms with Gasteiger partial charge in [-0.05, 0) is 42.3 Å². The minimum absolute atomic E-state index is 0.218. The molecule has 0 saturated carbocycles. The summed E-state index contributed by atoms with van der Waals surface area (Å²) in [6, 6.07) is 13.2. The summed E-state index contributed by atoms with van der Waals surface area (Å²) >= 11 is 0. The molecule has 2 nitrogen and oxygen atoms in total. The van der Waals surface area contributed by atoms with Gasteiger partial charge in [0.15, 0.2) is 0 Å². The zero-order chi connectivity index (χ0) is 14.7. The zero-order valence-corrected chi connectivity index (χ0v) is 12.2. The minimum atomic E-state index is -0.218. The summed E-state index contributed by atoms with van der Waals surface area (Å²) < 4.78 is 19.3. The molecule has 3 rings (SSSR count). The van der Waals surface area contributed by atoms with Gasteiger partial charge in [-0.15, -0.1) is 0 Å². The lowest BCUT2D eigenvalue weighted by Crippen LogP contribution is -2.23. The van der Waals surface area contributed by atoms with Crippen molar-refractivity contribution in [3.05, 3.63) is 65.0 Å². The molecule has 2 aromatic rings. The molecule has 1 unspecified atom stereocenters. The van der Waals surface area contributed by atoms with Gasteiger partial charge in [-0.2, -0.15) is 0 Å². The summed E-state index contributed by atoms with van der Waals surface area (Å²) in [4.78, 5) is 0. The van der Waals surface area contributed by atoms with Gasteiger partial charge in [-0.25, -0.2) is 4.39 Å². The highest BCUT2D eigenvalue weighted by Crippen LogP contribution is 2.35. The topological polar surface area (TPSA) is 21.3 Å². The largest absolute Gasteiger partial charge is 0.493 e. The number of nitrogens with one attached hydrogen (secondary N) is 1. The zero-order valence-electron chi connectivity index (χ0n) is 12.2. The van der Waals surface area contributed by atoms with Gasteiger partial charge in [0.1, 0.15) is 11.6 Å². The molecule has 0 aliphatic heterocycles. The summed E-state index contributed by atoms with van der Waals surface area (Å²) in [6.07, 6.45) is 1.07. The van der Waals surface area contributed by atoms with E-state index in [1.165, 1.54) is 17.2 Å². The molecule has 0 amide bonds. The van der Waals surface area contributed by atoms with Crippen LogP contribution in [0.3, 0.4) is 0 Å². The molecule has 110 valence electrons. The fourth-order valence-corrected chi connectivity index (χ4v) is 2.79. The Labute approximate surface area is 125 Å². The van der Waals surface area contributed by atoms with Gasteiger partial charge in [0.2, 0.25) is 0 Å². The SMILES string of the molecule is CCNCc1cc(F)ccc1OCC1Cc2ccccc21. The van der Waals surface area contributed by atoms with E-state index in [0.29, 0.717) is 19.1 Å². The maximum atomic E-state index is 13.4. The number of benzene rings is 2. The monoisotopic (exact) mass is 285 g/mol. The van der Waals surface area contributed by atoms with Gasteiger partial charge in [0, 0.05) is 18.0 Å². The Balaban J connectivity index is 1.66. The fraction of sp³-hybridized carbons (Fsp3) is 0.333. The van der Waals surface area contributed by atoms with Gasteiger partial charge in [0.05, 0.1) is 6.61 Å². The molecule has 0 fully saturated rings. The van der Waals surface area contributed by atoms with Crippen LogP contribution in [0.1, 0.15) is 29.5 Å². The van der Waals surface area contributed by atoms with E-state index in [0.717, 1.165) is 24.3 Å². The summed E-state index contributed by atoms with van der Waals surface area (Å²) in [6.45, 7) is 4.17. The number of ether oxygens (including phenoxy) is 1. The van der Waals surface area contributed by atoms with Gasteiger partial charge in [0.25, 0.3) is 0 Å². The number of hydrogen-bond donors (Lipinski definition) is 1. The summed E-state index contributed by atoms with van der Waals surface area (Å²) in [7, 11) is 0. The molecule has 0 bridgehead atoms. The molecule has 1 atom stereocenters. The highest BCUT2D eigenvalue weighted by molar-refractivity contribution is 5.40. The van der Waals surface area contributed by atoms with E-state index in [1.54, 1.807) is 12.1 Å². The highest BCUT2D eigenvalue weighted by atomic mass is 19.1. The molecule has 0 saturated heterocycles. The Morgan fingerprint density at radius 3 is 2.90 bits per heavy atom. The number of rotatable bonds is 6. The molecule has 0 heterocycles. The average molecular weight is 285 g/mol. The van der Waals surface area contributed by atoms with E-state index >= 15 is 0 Å². The Bertz CT molecular complexity index is 626. The van der Waals surface area contributed by atoms with Crippen molar-refractivity contribution < 1.29 is 9.13 Å². The summed E-state index contributed by atoms with van der Waals surface area (Å²) in [5.74, 6) is 1.02. The van der Waals surface area contributed by atoms with Gasteiger partial charge >= 0.3 is 0 Å². The lowest BCUT2D eigenvalue weighted by atomic mass is 9.78. The first-order chi connectivity index (χ1) is 10.3. The smallest absolute Gasteiger partial charge is 0.124 e. The van der Waals surface area contributed by atoms with Crippen LogP contribution in [0.2, 0.25) is 0 Å². The Hall–Kier alpha value is -1.87. The molecular weight excluding hydrogens is 265 g/mol. The third kappa shape index (κ3) is 3.08. The van der Waals surface area contributed by atoms with Crippen molar-refractivity contribution >= 4 is 0 Å². The van der Waals surface area contributed by atoms with Crippen LogP contribution in [0.4, 0.5) is 4.39 Å². The minimum Gasteiger partial charge on any atom is -0.493 e. The van der Waals surface area contributed by atoms with Crippen LogP contribution >= 0.6 is 0 Å². The summed E-state index contributed by atoms with van der Waals surface area (Å²) in [5.41, 5.74) is 3.68. The van der Waals surface area contributed by atoms with E-state index in [-0.39, 0.29) is 5.82 Å². The Morgan fingerprint density at radius 2 is 2.10 bits per heavy atom. The first kappa shape index (κ1) is 14.1. The Morgan fingerprint density at radius 1 is 1.24 bits per heavy atom. The quantitative estimate of drug-likeness (QED) is 0.874. The van der Waals surface area contributed by atoms with Crippen LogP contribution in [0.5, 0.6) is 5.75 Å². The van der Waals surface area contributed by atoms with Crippen molar-refractivity contribution in [2.75, 3.05) is 13.2 Å². The van der Waals surface area contributed by atoms with Crippen LogP contribution in [0, 0.1) is 5.82 Å². The van der Waals surface area contributed by atoms with Crippen LogP contribution < -0.4 is 10.1 Å². The van der Waals surface area contributed by atoms with Crippen molar-refractivity contribution in [3.8, 4) is 5.75 Å². The van der Waals surface area contributed by atoms with Gasteiger partial charge in [-0.3, -0.25) is 0 Å². The predicted molar refractivity (Wildman–Crippen MR) is 82.2 cm³/mol. The molecule has 1 aliphatic carbocycles. The van der Waals surface area contributed by atoms with E-state index in [9.17, 15) is 4.39 Å². The normalized spacial score (nSPS) is 16.2. The van der Waals surface area contributed by atoms with Crippen molar-refractivity contribution in [1.82, 2.24) is 5.32 Å². The van der Waals surface area contributed by atoms with Gasteiger partial charge in [-0.1, -0.05) is 31.2 Å². The molecule has 2 aromatic carbocycles. The maximum Gasteiger partial charge on any atom is 0.124 e. The van der Waals surface area contributed by atoms with Gasteiger partial charge < -0.3 is 10.1 Å². The lowest BCUT2D eigenvalue weighted by molar-refractivity contribution is 0.272. The first-order valence-electron chi connectivity index (χ1n) is 7.47. The fourth-order valence-electron chi connectivity index (χ4n) is 2.79. The number of fused-ring (bicyclic) bond motifs is 1. The van der Waals surface area contributed by atoms with Crippen LogP contribution in [-0.4, -0.2) is 13.2 Å². The molecule has 21 heavy (non-hydrogen) atoms. The third-order valence-corrected chi connectivity index (χ3v) is 3.99. The standard InChI is InChI=1S/C18H20FNO/c1-2-20-11-14-10-16(19)7-8-18(14)21-12-15-9-13-5-3-4-6-17(13)15/h3-8,10,15,20H,2,9,11-12H2,1H3. The Kier molecular flexibility index (Phi) is 4.20. The van der Waals surface area contributed by atoms with Crippen LogP contribution in [0.15, 0.2) is 42.5 Å². The molecule has 0 radical (unpaired) electrons. The second-order valence-corrected chi connectivity index (χ2v) is 5.44. The molecule has 3 heteroatoms. The molecule has 1 N–H and O–H groups in total. The van der Waals surface area contributed by atoms with Crippen molar-refractivity contribution in [2.24, 2.45) is 0 Å². The van der Waals surface area contributed by atoms with E-state index < -0.39 is 0 Å². The molecule has 0 aromatic heterocycles. The predicted octanol–water partition coefficient (Wildman–Crippen LogP) is 3.65. The van der Waals surface area contributed by atoms with Crippen LogP contribution in [0.25, 0.3) is 0 Å². The average Bonchev–Trinajstić information content (AvgIpc) is 2.47. The third-order valence-electron chi connectivity index (χ3n) is 3.99. The number of halogens is 1. The van der Waals surface area contributed by atoms with E-state index in [4.69, 9.17) is 4.74 Å². The maximum absolute atomic E-state index is 13.4. The second-order valence-electron chi connectivity index (χ2n) is 5.44. The summed E-state index contributed by atoms with van der Waals surface area (Å²) in [5, 5.41) is 3.22. The van der Waals surface area contributed by atoms with E-state index in [1.807, 2.05) is 6.92 Å². The van der Waals surface area contributed by atoms with Crippen molar-refractivity contribution in [2.45, 2.75) is 25.8 Å². The highest BCUT2D eigenvalue weighted by Gasteiger charge is 2.26. The second kappa shape index (κ2) is 6.27. The van der Waals surface area contributed by atoms with Crippen LogP contribution in [-0.2, 0) is 13.0 Å². The lowest BCUT2D eigenvalue weighted by Gasteiger charge is -2.30. The molecular formula is C18H20FNO. The van der Waals surface area contributed by atoms with Crippen molar-refractivity contribution in [1.29, 1.82) is 0 Å².